The third-order valence-electron chi connectivity index (χ3n) is 3.00. The highest BCUT2D eigenvalue weighted by Crippen LogP contribution is 2.28. The zero-order valence-electron chi connectivity index (χ0n) is 10.9. The van der Waals surface area contributed by atoms with Crippen molar-refractivity contribution in [2.45, 2.75) is 13.3 Å². The van der Waals surface area contributed by atoms with E-state index in [4.69, 9.17) is 4.52 Å². The summed E-state index contributed by atoms with van der Waals surface area (Å²) in [5, 5.41) is 13.7. The van der Waals surface area contributed by atoms with Gasteiger partial charge in [0.2, 0.25) is 5.82 Å². The second-order valence-electron chi connectivity index (χ2n) is 4.33. The van der Waals surface area contributed by atoms with Gasteiger partial charge in [-0.25, -0.2) is 0 Å². The van der Waals surface area contributed by atoms with Gasteiger partial charge in [0.15, 0.2) is 0 Å². The van der Waals surface area contributed by atoms with E-state index in [9.17, 15) is 5.11 Å². The highest BCUT2D eigenvalue weighted by Gasteiger charge is 2.13. The van der Waals surface area contributed by atoms with Crippen molar-refractivity contribution < 1.29 is 9.63 Å². The summed E-state index contributed by atoms with van der Waals surface area (Å²) in [6.07, 6.45) is 2.57. The molecular weight excluding hydrogens is 254 g/mol. The van der Waals surface area contributed by atoms with Gasteiger partial charge in [0, 0.05) is 17.5 Å². The Balaban J connectivity index is 2.00. The smallest absolute Gasteiger partial charge is 0.261 e. The van der Waals surface area contributed by atoms with Crippen LogP contribution in [0.3, 0.4) is 0 Å². The van der Waals surface area contributed by atoms with Crippen LogP contribution >= 0.6 is 0 Å². The van der Waals surface area contributed by atoms with Crippen LogP contribution in [0.2, 0.25) is 0 Å². The van der Waals surface area contributed by atoms with E-state index in [1.807, 2.05) is 19.1 Å². The Hall–Kier alpha value is -2.69. The number of nitrogens with zero attached hydrogens (tertiary/aromatic N) is 3. The van der Waals surface area contributed by atoms with Crippen LogP contribution in [-0.4, -0.2) is 20.2 Å². The molecule has 20 heavy (non-hydrogen) atoms. The summed E-state index contributed by atoms with van der Waals surface area (Å²) < 4.78 is 5.22. The largest absolute Gasteiger partial charge is 0.507 e. The number of phenolic OH excluding ortho intramolecular Hbond substituents is 1. The summed E-state index contributed by atoms with van der Waals surface area (Å²) in [7, 11) is 0. The number of pyridine rings is 1. The lowest BCUT2D eigenvalue weighted by atomic mass is 10.2. The third kappa shape index (κ3) is 2.25. The highest BCUT2D eigenvalue weighted by molar-refractivity contribution is 5.64. The van der Waals surface area contributed by atoms with Gasteiger partial charge >= 0.3 is 0 Å². The molecule has 100 valence electrons. The number of hydrogen-bond donors (Lipinski definition) is 1. The van der Waals surface area contributed by atoms with Crippen LogP contribution in [0, 0.1) is 0 Å². The Kier molecular flexibility index (Phi) is 3.16. The monoisotopic (exact) mass is 267 g/mol. The van der Waals surface area contributed by atoms with Crippen LogP contribution in [0.1, 0.15) is 12.6 Å². The van der Waals surface area contributed by atoms with Gasteiger partial charge in [-0.05, 0) is 30.7 Å². The van der Waals surface area contributed by atoms with Gasteiger partial charge in [-0.15, -0.1) is 0 Å². The third-order valence-corrected chi connectivity index (χ3v) is 3.00. The number of benzene rings is 1. The summed E-state index contributed by atoms with van der Waals surface area (Å²) in [5.74, 6) is 0.903. The summed E-state index contributed by atoms with van der Waals surface area (Å²) in [4.78, 5) is 8.56. The van der Waals surface area contributed by atoms with Crippen molar-refractivity contribution >= 4 is 0 Å². The van der Waals surface area contributed by atoms with Crippen molar-refractivity contribution in [2.24, 2.45) is 0 Å². The predicted octanol–water partition coefficient (Wildman–Crippen LogP) is 3.07. The van der Waals surface area contributed by atoms with Crippen molar-refractivity contribution in [1.82, 2.24) is 15.1 Å². The molecule has 1 aromatic carbocycles. The summed E-state index contributed by atoms with van der Waals surface area (Å²) in [6, 6.07) is 10.6. The molecule has 0 bridgehead atoms. The van der Waals surface area contributed by atoms with Gasteiger partial charge in [0.1, 0.15) is 5.75 Å². The SMILES string of the molecule is CCc1cc(-c2noc(-c3ccccc3O)n2)ccn1. The molecule has 0 aliphatic rings. The Bertz CT molecular complexity index is 737. The van der Waals surface area contributed by atoms with Crippen LogP contribution in [0.25, 0.3) is 22.8 Å². The molecule has 2 aromatic heterocycles. The topological polar surface area (TPSA) is 72.0 Å². The minimum Gasteiger partial charge on any atom is -0.507 e. The van der Waals surface area contributed by atoms with E-state index >= 15 is 0 Å². The lowest BCUT2D eigenvalue weighted by molar-refractivity contribution is 0.425. The standard InChI is InChI=1S/C15H13N3O2/c1-2-11-9-10(7-8-16-11)14-17-15(20-18-14)12-5-3-4-6-13(12)19/h3-9,19H,2H2,1H3. The Morgan fingerprint density at radius 3 is 2.85 bits per heavy atom. The zero-order chi connectivity index (χ0) is 13.9. The zero-order valence-corrected chi connectivity index (χ0v) is 10.9. The molecule has 5 nitrogen and oxygen atoms in total. The molecule has 0 unspecified atom stereocenters. The number of aromatic hydroxyl groups is 1. The molecule has 2 heterocycles. The van der Waals surface area contributed by atoms with Crippen molar-refractivity contribution in [3.8, 4) is 28.6 Å². The average Bonchev–Trinajstić information content (AvgIpc) is 2.97. The minimum absolute atomic E-state index is 0.117. The maximum absolute atomic E-state index is 9.79. The van der Waals surface area contributed by atoms with Crippen LogP contribution in [-0.2, 0) is 6.42 Å². The second kappa shape index (κ2) is 5.13. The summed E-state index contributed by atoms with van der Waals surface area (Å²) in [5.41, 5.74) is 2.34. The van der Waals surface area contributed by atoms with E-state index in [0.717, 1.165) is 17.7 Å². The van der Waals surface area contributed by atoms with Crippen LogP contribution < -0.4 is 0 Å². The minimum atomic E-state index is 0.117. The number of phenols is 1. The van der Waals surface area contributed by atoms with E-state index in [1.54, 1.807) is 30.5 Å². The van der Waals surface area contributed by atoms with Crippen molar-refractivity contribution in [3.05, 3.63) is 48.3 Å². The van der Waals surface area contributed by atoms with Gasteiger partial charge in [-0.3, -0.25) is 4.98 Å². The Morgan fingerprint density at radius 2 is 2.05 bits per heavy atom. The fourth-order valence-electron chi connectivity index (χ4n) is 1.92. The van der Waals surface area contributed by atoms with Crippen molar-refractivity contribution in [2.75, 3.05) is 0 Å². The molecule has 3 aromatic rings. The first kappa shape index (κ1) is 12.3. The van der Waals surface area contributed by atoms with Crippen molar-refractivity contribution in [1.29, 1.82) is 0 Å². The molecular formula is C15H13N3O2. The lowest BCUT2D eigenvalue weighted by Crippen LogP contribution is -1.88. The molecule has 5 heteroatoms. The second-order valence-corrected chi connectivity index (χ2v) is 4.33. The van der Waals surface area contributed by atoms with Gasteiger partial charge in [-0.1, -0.05) is 24.2 Å². The van der Waals surface area contributed by atoms with Gasteiger partial charge in [0.25, 0.3) is 5.89 Å². The van der Waals surface area contributed by atoms with E-state index in [2.05, 4.69) is 15.1 Å². The first-order valence-corrected chi connectivity index (χ1v) is 6.35. The van der Waals surface area contributed by atoms with Gasteiger partial charge < -0.3 is 9.63 Å². The molecule has 0 radical (unpaired) electrons. The van der Waals surface area contributed by atoms with Crippen LogP contribution in [0.5, 0.6) is 5.75 Å². The molecule has 0 aliphatic carbocycles. The quantitative estimate of drug-likeness (QED) is 0.789. The molecule has 0 saturated carbocycles. The fourth-order valence-corrected chi connectivity index (χ4v) is 1.92. The highest BCUT2D eigenvalue weighted by atomic mass is 16.5. The molecule has 0 fully saturated rings. The van der Waals surface area contributed by atoms with E-state index in [-0.39, 0.29) is 5.75 Å². The molecule has 0 spiro atoms. The molecule has 3 rings (SSSR count). The number of rotatable bonds is 3. The summed E-state index contributed by atoms with van der Waals surface area (Å²) in [6.45, 7) is 2.04. The first-order valence-electron chi connectivity index (χ1n) is 6.35. The van der Waals surface area contributed by atoms with E-state index < -0.39 is 0 Å². The number of para-hydroxylation sites is 1. The number of aryl methyl sites for hydroxylation is 1. The molecule has 0 saturated heterocycles. The van der Waals surface area contributed by atoms with Gasteiger partial charge in [0.05, 0.1) is 5.56 Å². The van der Waals surface area contributed by atoms with Crippen LogP contribution in [0.4, 0.5) is 0 Å². The number of hydrogen-bond acceptors (Lipinski definition) is 5. The Labute approximate surface area is 115 Å². The van der Waals surface area contributed by atoms with E-state index in [0.29, 0.717) is 17.3 Å². The predicted molar refractivity (Wildman–Crippen MR) is 74.0 cm³/mol. The first-order chi connectivity index (χ1) is 9.78. The van der Waals surface area contributed by atoms with E-state index in [1.165, 1.54) is 0 Å². The van der Waals surface area contributed by atoms with Gasteiger partial charge in [-0.2, -0.15) is 4.98 Å². The summed E-state index contributed by atoms with van der Waals surface area (Å²) >= 11 is 0. The fraction of sp³-hybridized carbons (Fsp3) is 0.133. The maximum Gasteiger partial charge on any atom is 0.261 e. The lowest BCUT2D eigenvalue weighted by Gasteiger charge is -1.98. The molecule has 0 atom stereocenters. The molecule has 1 N–H and O–H groups in total. The molecule has 0 aliphatic heterocycles. The maximum atomic E-state index is 9.79. The normalized spacial score (nSPS) is 10.7. The molecule has 0 amide bonds. The Morgan fingerprint density at radius 1 is 1.20 bits per heavy atom. The van der Waals surface area contributed by atoms with Crippen molar-refractivity contribution in [3.63, 3.8) is 0 Å². The average molecular weight is 267 g/mol. The van der Waals surface area contributed by atoms with Crippen LogP contribution in [0.15, 0.2) is 47.1 Å². The number of aromatic nitrogens is 3.